The lowest BCUT2D eigenvalue weighted by Gasteiger charge is -2.25. The van der Waals surface area contributed by atoms with E-state index in [0.29, 0.717) is 22.9 Å². The Morgan fingerprint density at radius 3 is 2.96 bits per heavy atom. The minimum atomic E-state index is -0.763. The van der Waals surface area contributed by atoms with Crippen LogP contribution in [0, 0.1) is 0 Å². The molecule has 122 valence electrons. The third-order valence-electron chi connectivity index (χ3n) is 4.08. The number of hydrogen-bond acceptors (Lipinski definition) is 4. The molecule has 2 aliphatic heterocycles. The second kappa shape index (κ2) is 5.85. The number of amides is 1. The standard InChI is InChI=1S/C18H15ClN2O3/c19-13-6-10(7-15-17(13)24-9-16(22)20-15)5-12-8-11-3-1-2-4-14(11)21-18(12)23/h1-4,6-8,18,21,23H,5,9H2,(H,20,22). The Labute approximate surface area is 143 Å². The topological polar surface area (TPSA) is 70.6 Å². The molecule has 2 aliphatic rings. The van der Waals surface area contributed by atoms with Crippen LogP contribution in [-0.4, -0.2) is 23.8 Å². The number of ether oxygens (including phenoxy) is 1. The minimum absolute atomic E-state index is 0.0311. The van der Waals surface area contributed by atoms with Gasteiger partial charge in [0.1, 0.15) is 6.23 Å². The van der Waals surface area contributed by atoms with Gasteiger partial charge in [0, 0.05) is 5.69 Å². The minimum Gasteiger partial charge on any atom is -0.480 e. The number of rotatable bonds is 2. The predicted molar refractivity (Wildman–Crippen MR) is 93.3 cm³/mol. The fourth-order valence-electron chi connectivity index (χ4n) is 2.97. The summed E-state index contributed by atoms with van der Waals surface area (Å²) in [7, 11) is 0. The summed E-state index contributed by atoms with van der Waals surface area (Å²) in [4.78, 5) is 11.5. The maximum absolute atomic E-state index is 11.5. The highest BCUT2D eigenvalue weighted by atomic mass is 35.5. The number of carbonyl (C=O) groups excluding carboxylic acids is 1. The summed E-state index contributed by atoms with van der Waals surface area (Å²) in [5.74, 6) is 0.282. The first kappa shape index (κ1) is 15.1. The molecule has 2 heterocycles. The van der Waals surface area contributed by atoms with Gasteiger partial charge in [0.05, 0.1) is 10.7 Å². The molecule has 1 unspecified atom stereocenters. The zero-order chi connectivity index (χ0) is 16.7. The largest absolute Gasteiger partial charge is 0.480 e. The fraction of sp³-hybridized carbons (Fsp3) is 0.167. The second-order valence-electron chi connectivity index (χ2n) is 5.82. The molecule has 0 fully saturated rings. The van der Waals surface area contributed by atoms with E-state index in [2.05, 4.69) is 10.6 Å². The average Bonchev–Trinajstić information content (AvgIpc) is 2.55. The van der Waals surface area contributed by atoms with Gasteiger partial charge in [-0.25, -0.2) is 0 Å². The molecule has 6 heteroatoms. The first-order valence-corrected chi connectivity index (χ1v) is 7.97. The van der Waals surface area contributed by atoms with Gasteiger partial charge in [0.25, 0.3) is 5.91 Å². The number of fused-ring (bicyclic) bond motifs is 2. The van der Waals surface area contributed by atoms with Crippen LogP contribution in [0.1, 0.15) is 11.1 Å². The van der Waals surface area contributed by atoms with E-state index < -0.39 is 6.23 Å². The monoisotopic (exact) mass is 342 g/mol. The molecule has 24 heavy (non-hydrogen) atoms. The Balaban J connectivity index is 1.66. The molecule has 0 radical (unpaired) electrons. The van der Waals surface area contributed by atoms with E-state index in [9.17, 15) is 9.90 Å². The molecule has 1 atom stereocenters. The summed E-state index contributed by atoms with van der Waals surface area (Å²) in [5, 5.41) is 16.6. The van der Waals surface area contributed by atoms with Crippen molar-refractivity contribution in [2.24, 2.45) is 0 Å². The van der Waals surface area contributed by atoms with E-state index in [0.717, 1.165) is 22.4 Å². The number of anilines is 2. The lowest BCUT2D eigenvalue weighted by atomic mass is 9.97. The van der Waals surface area contributed by atoms with Crippen LogP contribution in [-0.2, 0) is 11.2 Å². The molecule has 0 bridgehead atoms. The smallest absolute Gasteiger partial charge is 0.262 e. The van der Waals surface area contributed by atoms with Gasteiger partial charge in [-0.3, -0.25) is 4.79 Å². The lowest BCUT2D eigenvalue weighted by Crippen LogP contribution is -2.27. The molecule has 0 saturated carbocycles. The van der Waals surface area contributed by atoms with Crippen molar-refractivity contribution in [1.82, 2.24) is 0 Å². The van der Waals surface area contributed by atoms with Gasteiger partial charge in [-0.05, 0) is 47.4 Å². The van der Waals surface area contributed by atoms with Crippen molar-refractivity contribution in [1.29, 1.82) is 0 Å². The zero-order valence-electron chi connectivity index (χ0n) is 12.7. The number of para-hydroxylation sites is 1. The Morgan fingerprint density at radius 2 is 2.08 bits per heavy atom. The molecule has 2 aromatic carbocycles. The van der Waals surface area contributed by atoms with Crippen molar-refractivity contribution < 1.29 is 14.6 Å². The maximum Gasteiger partial charge on any atom is 0.262 e. The van der Waals surface area contributed by atoms with Gasteiger partial charge in [-0.15, -0.1) is 0 Å². The number of benzene rings is 2. The number of aliphatic hydroxyl groups is 1. The molecule has 0 aromatic heterocycles. The van der Waals surface area contributed by atoms with Crippen LogP contribution >= 0.6 is 11.6 Å². The fourth-order valence-corrected chi connectivity index (χ4v) is 3.27. The number of hydrogen-bond donors (Lipinski definition) is 3. The summed E-state index contributed by atoms with van der Waals surface area (Å²) in [6.07, 6.45) is 1.71. The third kappa shape index (κ3) is 2.72. The zero-order valence-corrected chi connectivity index (χ0v) is 13.4. The van der Waals surface area contributed by atoms with E-state index in [1.807, 2.05) is 36.4 Å². The number of aliphatic hydroxyl groups excluding tert-OH is 1. The second-order valence-corrected chi connectivity index (χ2v) is 6.23. The highest BCUT2D eigenvalue weighted by Crippen LogP contribution is 2.37. The van der Waals surface area contributed by atoms with Crippen LogP contribution in [0.2, 0.25) is 5.02 Å². The maximum atomic E-state index is 11.5. The molecule has 5 nitrogen and oxygen atoms in total. The van der Waals surface area contributed by atoms with Crippen LogP contribution in [0.25, 0.3) is 6.08 Å². The summed E-state index contributed by atoms with van der Waals surface area (Å²) < 4.78 is 5.36. The number of nitrogens with one attached hydrogen (secondary N) is 2. The highest BCUT2D eigenvalue weighted by Gasteiger charge is 2.22. The van der Waals surface area contributed by atoms with Crippen molar-refractivity contribution in [2.75, 3.05) is 17.2 Å². The average molecular weight is 343 g/mol. The molecule has 0 spiro atoms. The molecular weight excluding hydrogens is 328 g/mol. The first-order valence-electron chi connectivity index (χ1n) is 7.59. The molecular formula is C18H15ClN2O3. The van der Waals surface area contributed by atoms with E-state index in [1.165, 1.54) is 0 Å². The Bertz CT molecular complexity index is 863. The van der Waals surface area contributed by atoms with Crippen LogP contribution in [0.5, 0.6) is 5.75 Å². The van der Waals surface area contributed by atoms with Crippen molar-refractivity contribution in [3.05, 3.63) is 58.1 Å². The van der Waals surface area contributed by atoms with Gasteiger partial charge in [-0.2, -0.15) is 0 Å². The third-order valence-corrected chi connectivity index (χ3v) is 4.36. The van der Waals surface area contributed by atoms with Crippen LogP contribution in [0.3, 0.4) is 0 Å². The van der Waals surface area contributed by atoms with Crippen LogP contribution < -0.4 is 15.4 Å². The van der Waals surface area contributed by atoms with Gasteiger partial charge in [0.2, 0.25) is 0 Å². The first-order chi connectivity index (χ1) is 11.6. The van der Waals surface area contributed by atoms with Gasteiger partial charge in [0.15, 0.2) is 12.4 Å². The Kier molecular flexibility index (Phi) is 3.67. The summed E-state index contributed by atoms with van der Waals surface area (Å²) in [6.45, 7) is -0.0311. The highest BCUT2D eigenvalue weighted by molar-refractivity contribution is 6.33. The SMILES string of the molecule is O=C1COc2c(Cl)cc(CC3=Cc4ccccc4NC3O)cc2N1. The van der Waals surface area contributed by atoms with E-state index in [4.69, 9.17) is 16.3 Å². The number of carbonyl (C=O) groups is 1. The molecule has 0 aliphatic carbocycles. The molecule has 3 N–H and O–H groups in total. The molecule has 0 saturated heterocycles. The van der Waals surface area contributed by atoms with E-state index in [1.54, 1.807) is 6.07 Å². The Hall–Kier alpha value is -2.50. The summed E-state index contributed by atoms with van der Waals surface area (Å²) in [6, 6.07) is 11.4. The summed E-state index contributed by atoms with van der Waals surface area (Å²) >= 11 is 6.26. The molecule has 1 amide bonds. The van der Waals surface area contributed by atoms with Crippen molar-refractivity contribution >= 4 is 35.0 Å². The Morgan fingerprint density at radius 1 is 1.25 bits per heavy atom. The predicted octanol–water partition coefficient (Wildman–Crippen LogP) is 3.04. The van der Waals surface area contributed by atoms with Gasteiger partial charge >= 0.3 is 0 Å². The van der Waals surface area contributed by atoms with Gasteiger partial charge < -0.3 is 20.5 Å². The van der Waals surface area contributed by atoms with Crippen LogP contribution in [0.4, 0.5) is 11.4 Å². The summed E-state index contributed by atoms with van der Waals surface area (Å²) in [5.41, 5.74) is 4.20. The quantitative estimate of drug-likeness (QED) is 0.784. The lowest BCUT2D eigenvalue weighted by molar-refractivity contribution is -0.118. The van der Waals surface area contributed by atoms with E-state index in [-0.39, 0.29) is 12.5 Å². The van der Waals surface area contributed by atoms with Crippen LogP contribution in [0.15, 0.2) is 42.0 Å². The van der Waals surface area contributed by atoms with Crippen molar-refractivity contribution in [3.63, 3.8) is 0 Å². The molecule has 2 aromatic rings. The van der Waals surface area contributed by atoms with Crippen molar-refractivity contribution in [3.8, 4) is 5.75 Å². The number of halogens is 1. The van der Waals surface area contributed by atoms with Crippen molar-refractivity contribution in [2.45, 2.75) is 12.6 Å². The normalized spacial score (nSPS) is 18.5. The van der Waals surface area contributed by atoms with E-state index >= 15 is 0 Å². The van der Waals surface area contributed by atoms with Gasteiger partial charge in [-0.1, -0.05) is 29.8 Å². The molecule has 4 rings (SSSR count).